The van der Waals surface area contributed by atoms with Crippen molar-refractivity contribution in [2.24, 2.45) is 0 Å². The monoisotopic (exact) mass is 298 g/mol. The molecule has 0 spiro atoms. The van der Waals surface area contributed by atoms with Crippen molar-refractivity contribution >= 4 is 39.5 Å². The van der Waals surface area contributed by atoms with Crippen LogP contribution in [0.2, 0.25) is 0 Å². The number of aromatic amines is 1. The number of nitrogens with one attached hydrogen (secondary N) is 2. The van der Waals surface area contributed by atoms with E-state index in [-0.39, 0.29) is 0 Å². The van der Waals surface area contributed by atoms with Gasteiger partial charge in [-0.25, -0.2) is 0 Å². The van der Waals surface area contributed by atoms with Gasteiger partial charge in [0.2, 0.25) is 0 Å². The van der Waals surface area contributed by atoms with Gasteiger partial charge in [0.25, 0.3) is 0 Å². The maximum Gasteiger partial charge on any atom is 0.0470 e. The third kappa shape index (κ3) is 2.14. The molecule has 0 atom stereocenters. The van der Waals surface area contributed by atoms with Crippen LogP contribution in [0, 0.1) is 0 Å². The van der Waals surface area contributed by atoms with E-state index in [0.29, 0.717) is 0 Å². The van der Waals surface area contributed by atoms with Crippen LogP contribution in [0.3, 0.4) is 0 Å². The highest BCUT2D eigenvalue weighted by Gasteiger charge is 2.14. The van der Waals surface area contributed by atoms with Crippen molar-refractivity contribution in [2.45, 2.75) is 13.0 Å². The number of benzene rings is 1. The van der Waals surface area contributed by atoms with E-state index >= 15 is 0 Å². The SMILES string of the molecule is Brc1ccc2c3c([nH]c2c1)CNCC3.CS. The molecule has 4 heteroatoms. The van der Waals surface area contributed by atoms with Gasteiger partial charge in [-0.2, -0.15) is 12.6 Å². The smallest absolute Gasteiger partial charge is 0.0470 e. The summed E-state index contributed by atoms with van der Waals surface area (Å²) in [5.41, 5.74) is 4.09. The number of H-pyrrole nitrogens is 1. The normalized spacial score (nSPS) is 14.2. The molecule has 1 aromatic heterocycles. The number of aromatic nitrogens is 1. The molecule has 2 heterocycles. The highest BCUT2D eigenvalue weighted by Crippen LogP contribution is 2.27. The van der Waals surface area contributed by atoms with E-state index in [9.17, 15) is 0 Å². The molecule has 0 radical (unpaired) electrons. The number of thiol groups is 1. The summed E-state index contributed by atoms with van der Waals surface area (Å²) in [5.74, 6) is 0. The molecule has 1 aliphatic heterocycles. The molecule has 0 bridgehead atoms. The van der Waals surface area contributed by atoms with Crippen LogP contribution in [-0.4, -0.2) is 17.8 Å². The van der Waals surface area contributed by atoms with E-state index in [1.165, 1.54) is 22.2 Å². The number of hydrogen-bond acceptors (Lipinski definition) is 2. The van der Waals surface area contributed by atoms with Gasteiger partial charge in [0, 0.05) is 27.6 Å². The Balaban J connectivity index is 0.000000457. The molecular formula is C12H15BrN2S. The Morgan fingerprint density at radius 3 is 2.94 bits per heavy atom. The van der Waals surface area contributed by atoms with Gasteiger partial charge in [-0.1, -0.05) is 22.0 Å². The van der Waals surface area contributed by atoms with Crippen molar-refractivity contribution in [1.82, 2.24) is 10.3 Å². The van der Waals surface area contributed by atoms with E-state index in [4.69, 9.17) is 0 Å². The molecule has 0 unspecified atom stereocenters. The average Bonchev–Trinajstić information content (AvgIpc) is 2.68. The fraction of sp³-hybridized carbons (Fsp3) is 0.333. The lowest BCUT2D eigenvalue weighted by Gasteiger charge is -2.12. The van der Waals surface area contributed by atoms with Crippen molar-refractivity contribution in [3.8, 4) is 0 Å². The quantitative estimate of drug-likeness (QED) is 0.641. The van der Waals surface area contributed by atoms with Gasteiger partial charge in [0.05, 0.1) is 0 Å². The number of halogens is 1. The summed E-state index contributed by atoms with van der Waals surface area (Å²) in [6, 6.07) is 6.45. The summed E-state index contributed by atoms with van der Waals surface area (Å²) >= 11 is 7.02. The van der Waals surface area contributed by atoms with Crippen LogP contribution >= 0.6 is 28.6 Å². The summed E-state index contributed by atoms with van der Waals surface area (Å²) in [6.07, 6.45) is 2.83. The lowest BCUT2D eigenvalue weighted by Crippen LogP contribution is -2.22. The van der Waals surface area contributed by atoms with E-state index in [2.05, 4.69) is 57.1 Å². The first-order valence-corrected chi connectivity index (χ1v) is 6.98. The second kappa shape index (κ2) is 5.25. The topological polar surface area (TPSA) is 27.8 Å². The lowest BCUT2D eigenvalue weighted by molar-refractivity contribution is 0.637. The molecular weight excluding hydrogens is 284 g/mol. The first kappa shape index (κ1) is 12.0. The summed E-state index contributed by atoms with van der Waals surface area (Å²) in [6.45, 7) is 2.07. The molecule has 86 valence electrons. The molecule has 0 saturated heterocycles. The van der Waals surface area contributed by atoms with Crippen molar-refractivity contribution in [3.05, 3.63) is 33.9 Å². The Morgan fingerprint density at radius 1 is 1.31 bits per heavy atom. The Morgan fingerprint density at radius 2 is 2.12 bits per heavy atom. The van der Waals surface area contributed by atoms with E-state index in [1.807, 2.05) is 0 Å². The Hall–Kier alpha value is -0.450. The minimum atomic E-state index is 0.974. The molecule has 0 fully saturated rings. The maximum atomic E-state index is 3.53. The minimum Gasteiger partial charge on any atom is -0.357 e. The summed E-state index contributed by atoms with van der Waals surface area (Å²) in [5, 5.41) is 4.75. The Labute approximate surface area is 109 Å². The van der Waals surface area contributed by atoms with E-state index in [1.54, 1.807) is 6.26 Å². The van der Waals surface area contributed by atoms with Gasteiger partial charge in [0.1, 0.15) is 0 Å². The first-order valence-electron chi connectivity index (χ1n) is 5.29. The van der Waals surface area contributed by atoms with Gasteiger partial charge in [-0.05, 0) is 36.9 Å². The molecule has 2 nitrogen and oxygen atoms in total. The van der Waals surface area contributed by atoms with E-state index in [0.717, 1.165) is 24.0 Å². The van der Waals surface area contributed by atoms with Gasteiger partial charge in [-0.15, -0.1) is 0 Å². The second-order valence-corrected chi connectivity index (χ2v) is 4.61. The summed E-state index contributed by atoms with van der Waals surface area (Å²) in [4.78, 5) is 3.46. The average molecular weight is 299 g/mol. The van der Waals surface area contributed by atoms with Crippen molar-refractivity contribution in [3.63, 3.8) is 0 Å². The van der Waals surface area contributed by atoms with Crippen molar-refractivity contribution in [1.29, 1.82) is 0 Å². The fourth-order valence-corrected chi connectivity index (χ4v) is 2.51. The molecule has 0 aliphatic carbocycles. The third-order valence-corrected chi connectivity index (χ3v) is 3.30. The zero-order valence-corrected chi connectivity index (χ0v) is 11.7. The van der Waals surface area contributed by atoms with Crippen LogP contribution in [0.1, 0.15) is 11.3 Å². The molecule has 2 aromatic rings. The van der Waals surface area contributed by atoms with Gasteiger partial charge >= 0.3 is 0 Å². The number of rotatable bonds is 0. The van der Waals surface area contributed by atoms with Crippen molar-refractivity contribution < 1.29 is 0 Å². The van der Waals surface area contributed by atoms with Crippen molar-refractivity contribution in [2.75, 3.05) is 12.8 Å². The van der Waals surface area contributed by atoms with Crippen LogP contribution < -0.4 is 5.32 Å². The predicted molar refractivity (Wildman–Crippen MR) is 76.3 cm³/mol. The predicted octanol–water partition coefficient (Wildman–Crippen LogP) is 3.12. The highest BCUT2D eigenvalue weighted by molar-refractivity contribution is 9.10. The van der Waals surface area contributed by atoms with Crippen LogP contribution in [0.4, 0.5) is 0 Å². The van der Waals surface area contributed by atoms with Crippen LogP contribution in [-0.2, 0) is 13.0 Å². The third-order valence-electron chi connectivity index (χ3n) is 2.81. The first-order chi connectivity index (χ1) is 7.84. The maximum absolute atomic E-state index is 3.53. The Bertz CT molecular complexity index is 493. The Kier molecular flexibility index (Phi) is 3.95. The highest BCUT2D eigenvalue weighted by atomic mass is 79.9. The van der Waals surface area contributed by atoms with Crippen LogP contribution in [0.5, 0.6) is 0 Å². The molecule has 2 N–H and O–H groups in total. The summed E-state index contributed by atoms with van der Waals surface area (Å²) < 4.78 is 1.14. The largest absolute Gasteiger partial charge is 0.357 e. The van der Waals surface area contributed by atoms with Gasteiger partial charge in [0.15, 0.2) is 0 Å². The number of hydrogen-bond donors (Lipinski definition) is 3. The molecule has 0 saturated carbocycles. The second-order valence-electron chi connectivity index (χ2n) is 3.70. The molecule has 1 aromatic carbocycles. The molecule has 16 heavy (non-hydrogen) atoms. The fourth-order valence-electron chi connectivity index (χ4n) is 2.15. The summed E-state index contributed by atoms with van der Waals surface area (Å²) in [7, 11) is 0. The van der Waals surface area contributed by atoms with Gasteiger partial charge in [-0.3, -0.25) is 0 Å². The zero-order valence-electron chi connectivity index (χ0n) is 9.18. The molecule has 0 amide bonds. The van der Waals surface area contributed by atoms with Gasteiger partial charge < -0.3 is 10.3 Å². The zero-order chi connectivity index (χ0) is 11.5. The standard InChI is InChI=1S/C11H11BrN2.CH4S/c12-7-1-2-8-9-3-4-13-6-11(9)14-10(8)5-7;1-2/h1-2,5,13-14H,3-4,6H2;2H,1H3. The molecule has 3 rings (SSSR count). The lowest BCUT2D eigenvalue weighted by atomic mass is 10.1. The minimum absolute atomic E-state index is 0.974. The van der Waals surface area contributed by atoms with E-state index < -0.39 is 0 Å². The number of fused-ring (bicyclic) bond motifs is 3. The van der Waals surface area contributed by atoms with Crippen LogP contribution in [0.15, 0.2) is 22.7 Å². The molecule has 1 aliphatic rings. The van der Waals surface area contributed by atoms with Crippen LogP contribution in [0.25, 0.3) is 10.9 Å².